The van der Waals surface area contributed by atoms with Crippen molar-refractivity contribution in [2.24, 2.45) is 34.5 Å². The minimum Gasteiger partial charge on any atom is -0.459 e. The summed E-state index contributed by atoms with van der Waals surface area (Å²) in [7, 11) is 0. The van der Waals surface area contributed by atoms with Gasteiger partial charge in [0.15, 0.2) is 5.78 Å². The highest BCUT2D eigenvalue weighted by molar-refractivity contribution is 5.98. The van der Waals surface area contributed by atoms with Crippen LogP contribution in [0.15, 0.2) is 12.2 Å². The summed E-state index contributed by atoms with van der Waals surface area (Å²) in [6.07, 6.45) is 4.00. The molecule has 2 heterocycles. The summed E-state index contributed by atoms with van der Waals surface area (Å²) in [5.41, 5.74) is -7.04. The molecule has 8 nitrogen and oxygen atoms in total. The molecule has 2 saturated heterocycles. The van der Waals surface area contributed by atoms with E-state index in [9.17, 15) is 30.0 Å². The van der Waals surface area contributed by atoms with Crippen LogP contribution in [-0.4, -0.2) is 72.9 Å². The van der Waals surface area contributed by atoms with Crippen LogP contribution in [0.4, 0.5) is 0 Å². The van der Waals surface area contributed by atoms with Crippen LogP contribution in [0.2, 0.25) is 0 Å². The molecule has 6 aliphatic rings. The van der Waals surface area contributed by atoms with Crippen LogP contribution < -0.4 is 0 Å². The maximum atomic E-state index is 13.3. The Morgan fingerprint density at radius 1 is 1.08 bits per heavy atom. The van der Waals surface area contributed by atoms with Crippen molar-refractivity contribution in [3.8, 4) is 0 Å². The third kappa shape index (κ3) is 2.58. The molecule has 5 fully saturated rings. The molecule has 200 valence electrons. The first-order chi connectivity index (χ1) is 16.6. The lowest BCUT2D eigenvalue weighted by atomic mass is 9.43. The molecule has 5 unspecified atom stereocenters. The Morgan fingerprint density at radius 3 is 2.42 bits per heavy atom. The van der Waals surface area contributed by atoms with Crippen LogP contribution in [0.5, 0.6) is 0 Å². The zero-order chi connectivity index (χ0) is 26.3. The Balaban J connectivity index is 1.34. The Labute approximate surface area is 212 Å². The van der Waals surface area contributed by atoms with Crippen molar-refractivity contribution in [1.82, 2.24) is 0 Å². The monoisotopic (exact) mass is 504 g/mol. The van der Waals surface area contributed by atoms with Crippen molar-refractivity contribution in [3.63, 3.8) is 0 Å². The summed E-state index contributed by atoms with van der Waals surface area (Å²) >= 11 is 0. The molecule has 0 aromatic carbocycles. The van der Waals surface area contributed by atoms with Crippen molar-refractivity contribution < 1.29 is 39.5 Å². The lowest BCUT2D eigenvalue weighted by Crippen LogP contribution is -2.70. The molecule has 2 aliphatic heterocycles. The fourth-order valence-corrected chi connectivity index (χ4v) is 9.71. The SMILES string of the molecule is C[C@H]1C(=O)OC([C@](C)(O)[C@@]2(O)CCC3C4C[C@H]5OC56[C@@H](O)C=CC(=O)[C@]6(C)C4CC[C@@]32C)C[C@@]1(C)O. The smallest absolute Gasteiger partial charge is 0.311 e. The van der Waals surface area contributed by atoms with Gasteiger partial charge in [0, 0.05) is 11.8 Å². The van der Waals surface area contributed by atoms with Gasteiger partial charge in [0.2, 0.25) is 0 Å². The highest BCUT2D eigenvalue weighted by atomic mass is 16.6. The second-order valence-corrected chi connectivity index (χ2v) is 13.6. The minimum atomic E-state index is -1.78. The molecular formula is C28H40O8. The predicted octanol–water partition coefficient (Wildman–Crippen LogP) is 1.66. The zero-order valence-corrected chi connectivity index (χ0v) is 21.9. The summed E-state index contributed by atoms with van der Waals surface area (Å²) in [5, 5.41) is 46.0. The Kier molecular flexibility index (Phi) is 4.86. The largest absolute Gasteiger partial charge is 0.459 e. The van der Waals surface area contributed by atoms with Gasteiger partial charge in [-0.15, -0.1) is 0 Å². The van der Waals surface area contributed by atoms with Gasteiger partial charge >= 0.3 is 5.97 Å². The van der Waals surface area contributed by atoms with Gasteiger partial charge in [0.05, 0.1) is 23.0 Å². The van der Waals surface area contributed by atoms with Crippen LogP contribution in [0.25, 0.3) is 0 Å². The first-order valence-corrected chi connectivity index (χ1v) is 13.5. The topological polar surface area (TPSA) is 137 Å². The van der Waals surface area contributed by atoms with Gasteiger partial charge in [-0.1, -0.05) is 6.92 Å². The van der Waals surface area contributed by atoms with Crippen LogP contribution in [0, 0.1) is 34.5 Å². The number of carbonyl (C=O) groups is 2. The first kappa shape index (κ1) is 25.0. The van der Waals surface area contributed by atoms with Crippen LogP contribution in [0.1, 0.15) is 73.1 Å². The van der Waals surface area contributed by atoms with E-state index in [4.69, 9.17) is 9.47 Å². The lowest BCUT2D eigenvalue weighted by Gasteiger charge is -2.61. The van der Waals surface area contributed by atoms with Gasteiger partial charge < -0.3 is 29.9 Å². The van der Waals surface area contributed by atoms with E-state index in [1.54, 1.807) is 26.8 Å². The maximum absolute atomic E-state index is 13.3. The number of aliphatic hydroxyl groups excluding tert-OH is 1. The van der Waals surface area contributed by atoms with Crippen molar-refractivity contribution in [2.45, 2.75) is 114 Å². The summed E-state index contributed by atoms with van der Waals surface area (Å²) in [6, 6.07) is 0. The molecule has 4 aliphatic carbocycles. The number of carbonyl (C=O) groups excluding carboxylic acids is 2. The second-order valence-electron chi connectivity index (χ2n) is 13.6. The van der Waals surface area contributed by atoms with Gasteiger partial charge in [0.25, 0.3) is 0 Å². The second kappa shape index (κ2) is 7.00. The van der Waals surface area contributed by atoms with Crippen molar-refractivity contribution in [2.75, 3.05) is 0 Å². The summed E-state index contributed by atoms with van der Waals surface area (Å²) in [4.78, 5) is 25.9. The number of hydrogen-bond donors (Lipinski definition) is 4. The Hall–Kier alpha value is -1.32. The zero-order valence-electron chi connectivity index (χ0n) is 21.9. The number of esters is 1. The molecule has 0 aromatic rings. The fraction of sp³-hybridized carbons (Fsp3) is 0.857. The fourth-order valence-electron chi connectivity index (χ4n) is 9.71. The number of fused-ring (bicyclic) bond motifs is 4. The van der Waals surface area contributed by atoms with Crippen molar-refractivity contribution in [1.29, 1.82) is 0 Å². The molecule has 3 saturated carbocycles. The molecule has 4 N–H and O–H groups in total. The van der Waals surface area contributed by atoms with Gasteiger partial charge in [-0.25, -0.2) is 0 Å². The number of aliphatic hydroxyl groups is 4. The highest BCUT2D eigenvalue weighted by Gasteiger charge is 2.81. The molecule has 13 atom stereocenters. The van der Waals surface area contributed by atoms with E-state index in [2.05, 4.69) is 0 Å². The van der Waals surface area contributed by atoms with Gasteiger partial charge in [-0.2, -0.15) is 0 Å². The van der Waals surface area contributed by atoms with Gasteiger partial charge in [-0.3, -0.25) is 9.59 Å². The van der Waals surface area contributed by atoms with Crippen molar-refractivity contribution >= 4 is 11.8 Å². The average molecular weight is 505 g/mol. The molecule has 0 aromatic heterocycles. The molecule has 0 amide bonds. The highest BCUT2D eigenvalue weighted by Crippen LogP contribution is 2.74. The van der Waals surface area contributed by atoms with E-state index >= 15 is 0 Å². The molecule has 0 bridgehead atoms. The summed E-state index contributed by atoms with van der Waals surface area (Å²) in [6.45, 7) is 8.70. The van der Waals surface area contributed by atoms with E-state index in [-0.39, 0.29) is 36.1 Å². The average Bonchev–Trinajstić information content (AvgIpc) is 3.47. The Morgan fingerprint density at radius 2 is 1.75 bits per heavy atom. The van der Waals surface area contributed by atoms with E-state index in [1.165, 1.54) is 6.08 Å². The predicted molar refractivity (Wildman–Crippen MR) is 127 cm³/mol. The molecule has 8 heteroatoms. The van der Waals surface area contributed by atoms with E-state index < -0.39 is 57.3 Å². The first-order valence-electron chi connectivity index (χ1n) is 13.5. The van der Waals surface area contributed by atoms with Crippen LogP contribution >= 0.6 is 0 Å². The standard InChI is InChI=1S/C28H40O8/c1-14-22(31)35-21(13-24(14,3)32)26(5,33)27(34)11-9-16-15-12-20-28(36-20)19(30)7-6-18(29)25(28,4)17(15)8-10-23(16,27)2/h6-7,14-17,19-21,30,32-34H,8-13H2,1-5H3/t14-,15?,16?,17?,19-,20+,21?,23-,24+,25-,26-,27+,28?/m0/s1. The molecular weight excluding hydrogens is 464 g/mol. The van der Waals surface area contributed by atoms with Gasteiger partial charge in [0.1, 0.15) is 29.0 Å². The van der Waals surface area contributed by atoms with E-state index in [0.717, 1.165) is 0 Å². The number of epoxide rings is 1. The van der Waals surface area contributed by atoms with E-state index in [1.807, 2.05) is 13.8 Å². The number of cyclic esters (lactones) is 1. The summed E-state index contributed by atoms with van der Waals surface area (Å²) < 4.78 is 11.8. The number of ether oxygens (including phenoxy) is 2. The maximum Gasteiger partial charge on any atom is 0.311 e. The van der Waals surface area contributed by atoms with Crippen LogP contribution in [0.3, 0.4) is 0 Å². The third-order valence-electron chi connectivity index (χ3n) is 12.4. The minimum absolute atomic E-state index is 0.000623. The molecule has 6 rings (SSSR count). The number of ketones is 1. The number of rotatable bonds is 2. The molecule has 0 radical (unpaired) electrons. The van der Waals surface area contributed by atoms with Crippen LogP contribution in [-0.2, 0) is 19.1 Å². The number of allylic oxidation sites excluding steroid dienone is 1. The molecule has 36 heavy (non-hydrogen) atoms. The van der Waals surface area contributed by atoms with Gasteiger partial charge in [-0.05, 0) is 89.7 Å². The number of hydrogen-bond acceptors (Lipinski definition) is 8. The Bertz CT molecular complexity index is 1050. The third-order valence-corrected chi connectivity index (χ3v) is 12.4. The summed E-state index contributed by atoms with van der Waals surface area (Å²) in [5.74, 6) is -1.17. The molecule has 1 spiro atoms. The lowest BCUT2D eigenvalue weighted by molar-refractivity contribution is -0.270. The van der Waals surface area contributed by atoms with Crippen molar-refractivity contribution in [3.05, 3.63) is 12.2 Å². The quantitative estimate of drug-likeness (QED) is 0.329. The van der Waals surface area contributed by atoms with E-state index in [0.29, 0.717) is 32.1 Å². The normalized spacial score (nSPS) is 59.2.